The van der Waals surface area contributed by atoms with Gasteiger partial charge in [0.25, 0.3) is 5.91 Å². The maximum atomic E-state index is 12.2. The van der Waals surface area contributed by atoms with Crippen molar-refractivity contribution in [2.45, 2.75) is 17.9 Å². The van der Waals surface area contributed by atoms with E-state index in [0.29, 0.717) is 0 Å². The van der Waals surface area contributed by atoms with Gasteiger partial charge < -0.3 is 10.1 Å². The number of ether oxygens (including phenoxy) is 1. The van der Waals surface area contributed by atoms with Crippen molar-refractivity contribution in [1.82, 2.24) is 9.29 Å². The lowest BCUT2D eigenvalue weighted by molar-refractivity contribution is -0.123. The first-order chi connectivity index (χ1) is 12.2. The largest absolute Gasteiger partial charge is 0.449 e. The second-order valence-corrected chi connectivity index (χ2v) is 7.75. The van der Waals surface area contributed by atoms with Crippen LogP contribution in [-0.2, 0) is 19.6 Å². The minimum absolute atomic E-state index is 0.0420. The molecular formula is C17H19N3O5S. The normalized spacial score (nSPS) is 12.5. The molecule has 0 fully saturated rings. The number of nitrogens with one attached hydrogen (secondary N) is 1. The van der Waals surface area contributed by atoms with E-state index in [0.717, 1.165) is 4.31 Å². The molecule has 138 valence electrons. The molecule has 1 aromatic carbocycles. The van der Waals surface area contributed by atoms with Crippen LogP contribution in [0.25, 0.3) is 0 Å². The zero-order valence-electron chi connectivity index (χ0n) is 14.5. The number of hydrogen-bond acceptors (Lipinski definition) is 6. The van der Waals surface area contributed by atoms with Crippen molar-refractivity contribution < 1.29 is 22.7 Å². The third-order valence-corrected chi connectivity index (χ3v) is 5.24. The molecule has 1 amide bonds. The highest BCUT2D eigenvalue weighted by Crippen LogP contribution is 2.18. The van der Waals surface area contributed by atoms with Crippen LogP contribution in [-0.4, -0.2) is 49.8 Å². The summed E-state index contributed by atoms with van der Waals surface area (Å²) >= 11 is 0. The summed E-state index contributed by atoms with van der Waals surface area (Å²) in [5.41, 5.74) is 0.508. The van der Waals surface area contributed by atoms with Crippen molar-refractivity contribution in [2.75, 3.05) is 19.4 Å². The van der Waals surface area contributed by atoms with Gasteiger partial charge in [0.15, 0.2) is 6.10 Å². The van der Waals surface area contributed by atoms with Crippen molar-refractivity contribution in [2.24, 2.45) is 0 Å². The SMILES string of the molecule is C[C@@H](OC(=O)c1cccnc1)C(=O)Nc1cccc(S(=O)(=O)N(C)C)c1. The molecule has 8 nitrogen and oxygen atoms in total. The number of amides is 1. The van der Waals surface area contributed by atoms with E-state index >= 15 is 0 Å². The Kier molecular flexibility index (Phi) is 6.06. The van der Waals surface area contributed by atoms with Crippen LogP contribution in [0.3, 0.4) is 0 Å². The first kappa shape index (κ1) is 19.5. The van der Waals surface area contributed by atoms with Crippen LogP contribution in [0, 0.1) is 0 Å². The molecule has 26 heavy (non-hydrogen) atoms. The third-order valence-electron chi connectivity index (χ3n) is 3.43. The summed E-state index contributed by atoms with van der Waals surface area (Å²) in [6.45, 7) is 1.42. The summed E-state index contributed by atoms with van der Waals surface area (Å²) in [7, 11) is -0.786. The molecule has 0 aliphatic rings. The summed E-state index contributed by atoms with van der Waals surface area (Å²) in [5.74, 6) is -1.26. The number of carbonyl (C=O) groups excluding carboxylic acids is 2. The lowest BCUT2D eigenvalue weighted by Gasteiger charge is -2.15. The van der Waals surface area contributed by atoms with E-state index in [2.05, 4.69) is 10.3 Å². The Balaban J connectivity index is 2.06. The van der Waals surface area contributed by atoms with E-state index in [4.69, 9.17) is 4.74 Å². The van der Waals surface area contributed by atoms with Gasteiger partial charge in [0.2, 0.25) is 10.0 Å². The van der Waals surface area contributed by atoms with Crippen molar-refractivity contribution in [1.29, 1.82) is 0 Å². The zero-order chi connectivity index (χ0) is 19.3. The number of aromatic nitrogens is 1. The van der Waals surface area contributed by atoms with Gasteiger partial charge in [-0.05, 0) is 37.3 Å². The summed E-state index contributed by atoms with van der Waals surface area (Å²) < 4.78 is 30.5. The van der Waals surface area contributed by atoms with E-state index in [1.54, 1.807) is 12.1 Å². The summed E-state index contributed by atoms with van der Waals surface area (Å²) in [6, 6.07) is 8.92. The van der Waals surface area contributed by atoms with E-state index in [1.807, 2.05) is 0 Å². The van der Waals surface area contributed by atoms with Gasteiger partial charge in [0.05, 0.1) is 10.5 Å². The predicted octanol–water partition coefficient (Wildman–Crippen LogP) is 1.52. The van der Waals surface area contributed by atoms with Crippen LogP contribution in [0.1, 0.15) is 17.3 Å². The van der Waals surface area contributed by atoms with Crippen LogP contribution >= 0.6 is 0 Å². The molecule has 2 rings (SSSR count). The maximum Gasteiger partial charge on any atom is 0.340 e. The third kappa shape index (κ3) is 4.64. The highest BCUT2D eigenvalue weighted by molar-refractivity contribution is 7.89. The number of hydrogen-bond donors (Lipinski definition) is 1. The average Bonchev–Trinajstić information content (AvgIpc) is 2.62. The van der Waals surface area contributed by atoms with Gasteiger partial charge in [-0.25, -0.2) is 17.5 Å². The second kappa shape index (κ2) is 8.07. The molecule has 9 heteroatoms. The Morgan fingerprint density at radius 1 is 1.19 bits per heavy atom. The first-order valence-corrected chi connectivity index (χ1v) is 9.10. The predicted molar refractivity (Wildman–Crippen MR) is 95.1 cm³/mol. The first-order valence-electron chi connectivity index (χ1n) is 7.66. The molecule has 1 N–H and O–H groups in total. The van der Waals surface area contributed by atoms with Crippen molar-refractivity contribution >= 4 is 27.6 Å². The topological polar surface area (TPSA) is 106 Å². The number of sulfonamides is 1. The maximum absolute atomic E-state index is 12.2. The molecule has 0 aliphatic heterocycles. The number of carbonyl (C=O) groups is 2. The van der Waals surface area contributed by atoms with Gasteiger partial charge in [-0.2, -0.15) is 0 Å². The van der Waals surface area contributed by atoms with Crippen LogP contribution in [0.2, 0.25) is 0 Å². The molecule has 1 atom stereocenters. The molecule has 0 radical (unpaired) electrons. The second-order valence-electron chi connectivity index (χ2n) is 5.59. The molecule has 1 aromatic heterocycles. The Bertz CT molecular complexity index is 898. The quantitative estimate of drug-likeness (QED) is 0.765. The summed E-state index contributed by atoms with van der Waals surface area (Å²) in [6.07, 6.45) is 1.78. The van der Waals surface area contributed by atoms with Crippen molar-refractivity contribution in [3.8, 4) is 0 Å². The van der Waals surface area contributed by atoms with Gasteiger partial charge >= 0.3 is 5.97 Å². The van der Waals surface area contributed by atoms with E-state index in [9.17, 15) is 18.0 Å². The number of benzene rings is 1. The number of pyridine rings is 1. The molecule has 0 aliphatic carbocycles. The number of esters is 1. The van der Waals surface area contributed by atoms with Crippen LogP contribution in [0.15, 0.2) is 53.7 Å². The fourth-order valence-corrected chi connectivity index (χ4v) is 2.90. The lowest BCUT2D eigenvalue weighted by Crippen LogP contribution is -2.30. The van der Waals surface area contributed by atoms with Crippen LogP contribution in [0.4, 0.5) is 5.69 Å². The molecule has 0 saturated heterocycles. The van der Waals surface area contributed by atoms with Crippen molar-refractivity contribution in [3.63, 3.8) is 0 Å². The Morgan fingerprint density at radius 2 is 1.92 bits per heavy atom. The molecule has 0 saturated carbocycles. The standard InChI is InChI=1S/C17H19N3O5S/c1-12(25-17(22)13-6-5-9-18-11-13)16(21)19-14-7-4-8-15(10-14)26(23,24)20(2)3/h4-12H,1-3H3,(H,19,21)/t12-/m1/s1. The van der Waals surface area contributed by atoms with E-state index < -0.39 is 28.0 Å². The Hall–Kier alpha value is -2.78. The number of nitrogens with zero attached hydrogens (tertiary/aromatic N) is 2. The molecule has 0 spiro atoms. The van der Waals surface area contributed by atoms with E-state index in [1.165, 1.54) is 57.7 Å². The van der Waals surface area contributed by atoms with Crippen molar-refractivity contribution in [3.05, 3.63) is 54.4 Å². The van der Waals surface area contributed by atoms with Crippen LogP contribution in [0.5, 0.6) is 0 Å². The smallest absolute Gasteiger partial charge is 0.340 e. The van der Waals surface area contributed by atoms with Gasteiger partial charge in [-0.1, -0.05) is 6.07 Å². The van der Waals surface area contributed by atoms with Gasteiger partial charge in [0.1, 0.15) is 0 Å². The zero-order valence-corrected chi connectivity index (χ0v) is 15.4. The van der Waals surface area contributed by atoms with Gasteiger partial charge in [-0.15, -0.1) is 0 Å². The molecule has 1 heterocycles. The summed E-state index contributed by atoms with van der Waals surface area (Å²) in [5, 5.41) is 2.54. The van der Waals surface area contributed by atoms with Crippen LogP contribution < -0.4 is 5.32 Å². The molecule has 2 aromatic rings. The average molecular weight is 377 g/mol. The molecular weight excluding hydrogens is 358 g/mol. The molecule has 0 unspecified atom stereocenters. The Morgan fingerprint density at radius 3 is 2.54 bits per heavy atom. The Labute approximate surface area is 151 Å². The number of anilines is 1. The lowest BCUT2D eigenvalue weighted by atomic mass is 10.2. The van der Waals surface area contributed by atoms with Gasteiger partial charge in [-0.3, -0.25) is 9.78 Å². The summed E-state index contributed by atoms with van der Waals surface area (Å²) in [4.78, 5) is 28.0. The monoisotopic (exact) mass is 377 g/mol. The van der Waals surface area contributed by atoms with Gasteiger partial charge in [0, 0.05) is 32.2 Å². The highest BCUT2D eigenvalue weighted by atomic mass is 32.2. The minimum atomic E-state index is -3.62. The van der Waals surface area contributed by atoms with E-state index in [-0.39, 0.29) is 16.1 Å². The fourth-order valence-electron chi connectivity index (χ4n) is 1.95. The number of rotatable bonds is 6. The highest BCUT2D eigenvalue weighted by Gasteiger charge is 2.21. The molecule has 0 bridgehead atoms. The fraction of sp³-hybridized carbons (Fsp3) is 0.235. The minimum Gasteiger partial charge on any atom is -0.449 e.